The third-order valence-electron chi connectivity index (χ3n) is 13.7. The largest absolute Gasteiger partial charge is 0.490 e. The van der Waals surface area contributed by atoms with Gasteiger partial charge < -0.3 is 33.7 Å². The lowest BCUT2D eigenvalue weighted by molar-refractivity contribution is -0.302. The van der Waals surface area contributed by atoms with Crippen LogP contribution in [-0.4, -0.2) is 103 Å². The normalized spacial score (nSPS) is 36.3. The second kappa shape index (κ2) is 22.5. The molecule has 5 rings (SSSR count). The Morgan fingerprint density at radius 1 is 0.984 bits per heavy atom. The second-order valence-electron chi connectivity index (χ2n) is 18.4. The highest BCUT2D eigenvalue weighted by molar-refractivity contribution is 6.39. The summed E-state index contributed by atoms with van der Waals surface area (Å²) in [5.74, 6) is -5.76. The fraction of sp³-hybridized carbons (Fsp3) is 0.708. The van der Waals surface area contributed by atoms with Crippen LogP contribution >= 0.6 is 0 Å². The first kappa shape index (κ1) is 49.0. The van der Waals surface area contributed by atoms with Gasteiger partial charge in [0.15, 0.2) is 0 Å². The van der Waals surface area contributed by atoms with Gasteiger partial charge in [-0.1, -0.05) is 68.7 Å². The van der Waals surface area contributed by atoms with E-state index in [1.807, 2.05) is 58.0 Å². The van der Waals surface area contributed by atoms with Crippen molar-refractivity contribution in [1.82, 2.24) is 4.90 Å². The van der Waals surface area contributed by atoms with Gasteiger partial charge in [0, 0.05) is 43.9 Å². The summed E-state index contributed by atoms with van der Waals surface area (Å²) in [5, 5.41) is 16.2. The molecule has 1 amide bonds. The maximum atomic E-state index is 14.5. The summed E-state index contributed by atoms with van der Waals surface area (Å²) in [4.78, 5) is 61.3. The number of ketones is 2. The SMILES string of the molecule is CCC1C=C(C)CC(C)CC(OC)C2OC(O)(C(=O)C(=O)N3CCCCC3C(=O)OC(C(C)=CC3CCC(N=[N+]=[N-])C(Oc4ccccc4)C3)C(C)CCC1=O)C(C)CC2OC. The minimum absolute atomic E-state index is 0.00866. The van der Waals surface area contributed by atoms with Crippen molar-refractivity contribution in [2.24, 2.45) is 34.7 Å². The minimum atomic E-state index is -2.48. The van der Waals surface area contributed by atoms with E-state index in [4.69, 9.17) is 23.7 Å². The number of aliphatic hydroxyl groups is 1. The number of esters is 1. The van der Waals surface area contributed by atoms with Gasteiger partial charge in [0.1, 0.15) is 35.9 Å². The molecule has 62 heavy (non-hydrogen) atoms. The molecule has 0 radical (unpaired) electrons. The molecule has 342 valence electrons. The third kappa shape index (κ3) is 11.9. The molecule has 14 nitrogen and oxygen atoms in total. The number of amides is 1. The monoisotopic (exact) mass is 863 g/mol. The van der Waals surface area contributed by atoms with Crippen molar-refractivity contribution in [3.8, 4) is 5.75 Å². The van der Waals surface area contributed by atoms with Crippen molar-refractivity contribution < 1.29 is 48.0 Å². The molecule has 4 aliphatic rings. The Kier molecular flexibility index (Phi) is 17.8. The molecule has 0 aromatic heterocycles. The average Bonchev–Trinajstić information content (AvgIpc) is 3.26. The van der Waals surface area contributed by atoms with E-state index >= 15 is 0 Å². The highest BCUT2D eigenvalue weighted by Gasteiger charge is 2.56. The van der Waals surface area contributed by atoms with E-state index in [-0.39, 0.29) is 67.4 Å². The molecule has 3 heterocycles. The number of azide groups is 1. The van der Waals surface area contributed by atoms with Gasteiger partial charge in [-0.3, -0.25) is 14.4 Å². The zero-order chi connectivity index (χ0) is 45.1. The highest BCUT2D eigenvalue weighted by Crippen LogP contribution is 2.39. The Bertz CT molecular complexity index is 1810. The smallest absolute Gasteiger partial charge is 0.329 e. The molecule has 13 unspecified atom stereocenters. The van der Waals surface area contributed by atoms with Crippen LogP contribution in [0.15, 0.2) is 58.7 Å². The quantitative estimate of drug-likeness (QED) is 0.0666. The van der Waals surface area contributed by atoms with Gasteiger partial charge in [-0.05, 0) is 125 Å². The van der Waals surface area contributed by atoms with Gasteiger partial charge in [0.2, 0.25) is 5.79 Å². The van der Waals surface area contributed by atoms with Gasteiger partial charge in [-0.2, -0.15) is 0 Å². The molecule has 13 atom stereocenters. The number of Topliss-reactive ketones (excluding diaryl/α,β-unsaturated/α-hetero) is 2. The predicted molar refractivity (Wildman–Crippen MR) is 234 cm³/mol. The topological polar surface area (TPSA) is 187 Å². The van der Waals surface area contributed by atoms with E-state index in [9.17, 15) is 29.8 Å². The summed E-state index contributed by atoms with van der Waals surface area (Å²) in [5.41, 5.74) is 11.2. The van der Waals surface area contributed by atoms with Gasteiger partial charge in [-0.25, -0.2) is 4.79 Å². The molecule has 1 saturated carbocycles. The van der Waals surface area contributed by atoms with Crippen LogP contribution in [0.2, 0.25) is 0 Å². The summed E-state index contributed by atoms with van der Waals surface area (Å²) in [6, 6.07) is 8.00. The number of allylic oxidation sites excluding steroid dienone is 3. The molecule has 1 aromatic rings. The summed E-state index contributed by atoms with van der Waals surface area (Å²) in [7, 11) is 3.10. The zero-order valence-electron chi connectivity index (χ0n) is 38.1. The Labute approximate surface area is 367 Å². The van der Waals surface area contributed by atoms with Gasteiger partial charge in [0.25, 0.3) is 11.7 Å². The van der Waals surface area contributed by atoms with Crippen LogP contribution in [0.4, 0.5) is 0 Å². The third-order valence-corrected chi connectivity index (χ3v) is 13.7. The fourth-order valence-electron chi connectivity index (χ4n) is 10.1. The second-order valence-corrected chi connectivity index (χ2v) is 18.4. The van der Waals surface area contributed by atoms with Crippen LogP contribution in [0.5, 0.6) is 5.75 Å². The molecular formula is C48H70N4O10. The number of nitrogens with zero attached hydrogens (tertiary/aromatic N) is 4. The fourth-order valence-corrected chi connectivity index (χ4v) is 10.1. The van der Waals surface area contributed by atoms with E-state index in [2.05, 4.69) is 29.1 Å². The van der Waals surface area contributed by atoms with Crippen molar-refractivity contribution in [3.05, 3.63) is 64.1 Å². The Morgan fingerprint density at radius 2 is 1.69 bits per heavy atom. The maximum absolute atomic E-state index is 14.5. The Morgan fingerprint density at radius 3 is 2.37 bits per heavy atom. The van der Waals surface area contributed by atoms with Crippen LogP contribution < -0.4 is 4.74 Å². The molecule has 14 heteroatoms. The van der Waals surface area contributed by atoms with Crippen LogP contribution in [0, 0.1) is 29.6 Å². The number of methoxy groups -OCH3 is 2. The van der Waals surface area contributed by atoms with Gasteiger partial charge >= 0.3 is 5.97 Å². The van der Waals surface area contributed by atoms with Crippen LogP contribution in [0.1, 0.15) is 119 Å². The standard InChI is InChI=1S/C48H70N4O10/c1-9-35-24-29(2)23-30(3)25-41(58-7)44-42(59-8)27-33(6)48(57,62-44)45(54)46(55)52-22-14-13-17-38(52)47(56)61-43(31(4)18-21-39(35)53)32(5)26-34-19-20-37(50-51-49)40(28-34)60-36-15-11-10-12-16-36/h10-12,15-16,24,26,30-31,33-35,37-38,40-44,57H,9,13-14,17-23,25,27-28H2,1-8H3. The van der Waals surface area contributed by atoms with Crippen molar-refractivity contribution in [3.63, 3.8) is 0 Å². The number of benzene rings is 1. The Balaban J connectivity index is 1.49. The van der Waals surface area contributed by atoms with Gasteiger partial charge in [-0.15, -0.1) is 0 Å². The van der Waals surface area contributed by atoms with Crippen molar-refractivity contribution >= 4 is 23.4 Å². The minimum Gasteiger partial charge on any atom is -0.490 e. The van der Waals surface area contributed by atoms with E-state index < -0.39 is 59.8 Å². The van der Waals surface area contributed by atoms with Crippen LogP contribution in [0.25, 0.3) is 10.4 Å². The van der Waals surface area contributed by atoms with Crippen molar-refractivity contribution in [2.75, 3.05) is 20.8 Å². The molecule has 1 aromatic carbocycles. The number of cyclic esters (lactones) is 1. The number of carbonyl (C=O) groups excluding carboxylic acids is 4. The molecule has 2 saturated heterocycles. The first-order valence-electron chi connectivity index (χ1n) is 22.8. The average molecular weight is 863 g/mol. The lowest BCUT2D eigenvalue weighted by Gasteiger charge is -2.47. The summed E-state index contributed by atoms with van der Waals surface area (Å²) >= 11 is 0. The van der Waals surface area contributed by atoms with Crippen molar-refractivity contribution in [2.45, 2.75) is 167 Å². The van der Waals surface area contributed by atoms with E-state index in [0.29, 0.717) is 57.1 Å². The molecule has 3 aliphatic heterocycles. The van der Waals surface area contributed by atoms with Crippen LogP contribution in [-0.2, 0) is 38.1 Å². The number of para-hydroxylation sites is 1. The number of hydrogen-bond donors (Lipinski definition) is 1. The number of fused-ring (bicyclic) bond motifs is 3. The number of piperidine rings is 1. The number of ether oxygens (including phenoxy) is 5. The molecule has 0 spiro atoms. The molecular weight excluding hydrogens is 793 g/mol. The van der Waals surface area contributed by atoms with E-state index in [1.165, 1.54) is 4.90 Å². The van der Waals surface area contributed by atoms with E-state index in [1.54, 1.807) is 21.1 Å². The predicted octanol–water partition coefficient (Wildman–Crippen LogP) is 8.25. The van der Waals surface area contributed by atoms with Crippen molar-refractivity contribution in [1.29, 1.82) is 0 Å². The summed E-state index contributed by atoms with van der Waals surface area (Å²) in [6.45, 7) is 11.8. The number of carbonyl (C=O) groups is 4. The first-order chi connectivity index (χ1) is 29.6. The summed E-state index contributed by atoms with van der Waals surface area (Å²) < 4.78 is 30.9. The molecule has 1 N–H and O–H groups in total. The zero-order valence-corrected chi connectivity index (χ0v) is 38.1. The highest BCUT2D eigenvalue weighted by atomic mass is 16.7. The molecule has 3 fully saturated rings. The lowest BCUT2D eigenvalue weighted by Crippen LogP contribution is -2.64. The number of hydrogen-bond acceptors (Lipinski definition) is 11. The van der Waals surface area contributed by atoms with E-state index in [0.717, 1.165) is 17.6 Å². The molecule has 2 bridgehead atoms. The summed E-state index contributed by atoms with van der Waals surface area (Å²) in [6.07, 6.45) is 7.24. The van der Waals surface area contributed by atoms with Crippen LogP contribution in [0.3, 0.4) is 0 Å². The number of rotatable bonds is 8. The Hall–Kier alpha value is -4.07. The van der Waals surface area contributed by atoms with Gasteiger partial charge in [0.05, 0.1) is 18.2 Å². The molecule has 1 aliphatic carbocycles. The first-order valence-corrected chi connectivity index (χ1v) is 22.8. The maximum Gasteiger partial charge on any atom is 0.329 e. The lowest BCUT2D eigenvalue weighted by atomic mass is 9.81.